The number of benzene rings is 9. The third kappa shape index (κ3) is 5.34. The summed E-state index contributed by atoms with van der Waals surface area (Å²) in [6, 6.07) is 68.1. The second-order valence-electron chi connectivity index (χ2n) is 14.0. The summed E-state index contributed by atoms with van der Waals surface area (Å²) in [5.41, 5.74) is 12.1. The normalized spacial score (nSPS) is 11.6. The molecule has 0 bridgehead atoms. The van der Waals surface area contributed by atoms with Gasteiger partial charge in [0.15, 0.2) is 5.58 Å². The number of anilines is 3. The van der Waals surface area contributed by atoms with Crippen LogP contribution in [0.25, 0.3) is 88.3 Å². The van der Waals surface area contributed by atoms with Gasteiger partial charge in [-0.2, -0.15) is 0 Å². The largest absolute Gasteiger partial charge is 0.456 e. The Labute approximate surface area is 317 Å². The molecule has 0 N–H and O–H groups in total. The van der Waals surface area contributed by atoms with Crippen molar-refractivity contribution >= 4 is 71.6 Å². The summed E-state index contributed by atoms with van der Waals surface area (Å²) in [5.74, 6) is 0.610. The first kappa shape index (κ1) is 31.1. The van der Waals surface area contributed by atoms with Gasteiger partial charge in [-0.3, -0.25) is 0 Å². The van der Waals surface area contributed by atoms with Crippen molar-refractivity contribution in [2.24, 2.45) is 0 Å². The third-order valence-corrected chi connectivity index (χ3v) is 10.7. The third-order valence-electron chi connectivity index (χ3n) is 10.7. The van der Waals surface area contributed by atoms with E-state index in [1.54, 1.807) is 0 Å². The molecule has 4 heteroatoms. The first-order valence-corrected chi connectivity index (χ1v) is 18.5. The van der Waals surface area contributed by atoms with E-state index in [1.807, 2.05) is 18.2 Å². The Hall–Kier alpha value is -7.43. The minimum absolute atomic E-state index is 0.610. The first-order valence-electron chi connectivity index (χ1n) is 18.5. The quantitative estimate of drug-likeness (QED) is 0.162. The summed E-state index contributed by atoms with van der Waals surface area (Å²) in [6.45, 7) is 0. The van der Waals surface area contributed by atoms with Gasteiger partial charge >= 0.3 is 0 Å². The zero-order chi connectivity index (χ0) is 36.3. The molecule has 0 radical (unpaired) electrons. The Bertz CT molecular complexity index is 3200. The van der Waals surface area contributed by atoms with Crippen molar-refractivity contribution in [1.82, 2.24) is 4.98 Å². The molecule has 0 fully saturated rings. The molecule has 258 valence electrons. The SMILES string of the molecule is c1ccc(-c2cccc(-c3nc4ccc5ccc6ccc(N(c7ccccc7)c7ccc(-c8ccc9c(c8)oc8ccccc89)cc7)cc6c5c4o3)c2)cc1. The average molecular weight is 705 g/mol. The fraction of sp³-hybridized carbons (Fsp3) is 0. The molecule has 0 atom stereocenters. The number of oxazole rings is 1. The fourth-order valence-electron chi connectivity index (χ4n) is 7.97. The van der Waals surface area contributed by atoms with Crippen molar-refractivity contribution in [1.29, 1.82) is 0 Å². The second-order valence-corrected chi connectivity index (χ2v) is 14.0. The van der Waals surface area contributed by atoms with E-state index in [2.05, 4.69) is 181 Å². The number of hydrogen-bond donors (Lipinski definition) is 0. The fourth-order valence-corrected chi connectivity index (χ4v) is 7.97. The van der Waals surface area contributed by atoms with Crippen LogP contribution >= 0.6 is 0 Å². The molecule has 2 heterocycles. The number of nitrogens with zero attached hydrogens (tertiary/aromatic N) is 2. The lowest BCUT2D eigenvalue weighted by molar-refractivity contribution is 0.623. The highest BCUT2D eigenvalue weighted by atomic mass is 16.3. The van der Waals surface area contributed by atoms with Crippen LogP contribution in [-0.2, 0) is 0 Å². The van der Waals surface area contributed by atoms with Gasteiger partial charge < -0.3 is 13.7 Å². The van der Waals surface area contributed by atoms with E-state index >= 15 is 0 Å². The van der Waals surface area contributed by atoms with Gasteiger partial charge in [-0.1, -0.05) is 121 Å². The molecular weight excluding hydrogens is 673 g/mol. The number of para-hydroxylation sites is 2. The molecule has 11 aromatic rings. The van der Waals surface area contributed by atoms with Crippen LogP contribution in [0.1, 0.15) is 0 Å². The second kappa shape index (κ2) is 12.6. The molecule has 0 saturated carbocycles. The monoisotopic (exact) mass is 704 g/mol. The minimum atomic E-state index is 0.610. The van der Waals surface area contributed by atoms with Gasteiger partial charge in [-0.15, -0.1) is 0 Å². The first-order chi connectivity index (χ1) is 27.2. The molecule has 0 aliphatic rings. The zero-order valence-electron chi connectivity index (χ0n) is 29.7. The van der Waals surface area contributed by atoms with Gasteiger partial charge in [0.25, 0.3) is 0 Å². The van der Waals surface area contributed by atoms with Gasteiger partial charge in [-0.05, 0) is 111 Å². The predicted octanol–water partition coefficient (Wildman–Crippen LogP) is 14.5. The minimum Gasteiger partial charge on any atom is -0.456 e. The molecular formula is C51H32N2O2. The molecule has 0 unspecified atom stereocenters. The van der Waals surface area contributed by atoms with Crippen LogP contribution < -0.4 is 4.90 Å². The number of aromatic nitrogens is 1. The van der Waals surface area contributed by atoms with Gasteiger partial charge in [0.1, 0.15) is 16.7 Å². The van der Waals surface area contributed by atoms with Gasteiger partial charge in [0.05, 0.1) is 0 Å². The Kier molecular flexibility index (Phi) is 7.14. The molecule has 0 spiro atoms. The lowest BCUT2D eigenvalue weighted by Crippen LogP contribution is -2.09. The van der Waals surface area contributed by atoms with Crippen molar-refractivity contribution in [2.75, 3.05) is 4.90 Å². The maximum atomic E-state index is 6.70. The number of fused-ring (bicyclic) bond motifs is 8. The molecule has 4 nitrogen and oxygen atoms in total. The van der Waals surface area contributed by atoms with Crippen LogP contribution in [0.5, 0.6) is 0 Å². The molecule has 0 amide bonds. The smallest absolute Gasteiger partial charge is 0.227 e. The van der Waals surface area contributed by atoms with Crippen LogP contribution in [0.4, 0.5) is 17.1 Å². The molecule has 11 rings (SSSR count). The molecule has 2 aromatic heterocycles. The molecule has 0 saturated heterocycles. The van der Waals surface area contributed by atoms with E-state index in [0.717, 1.165) is 99.5 Å². The maximum Gasteiger partial charge on any atom is 0.227 e. The van der Waals surface area contributed by atoms with Crippen molar-refractivity contribution in [3.63, 3.8) is 0 Å². The van der Waals surface area contributed by atoms with E-state index in [1.165, 1.54) is 0 Å². The highest BCUT2D eigenvalue weighted by Crippen LogP contribution is 2.41. The highest BCUT2D eigenvalue weighted by Gasteiger charge is 2.18. The summed E-state index contributed by atoms with van der Waals surface area (Å²) in [6.07, 6.45) is 0. The van der Waals surface area contributed by atoms with Gasteiger partial charge in [0.2, 0.25) is 5.89 Å². The van der Waals surface area contributed by atoms with E-state index in [-0.39, 0.29) is 0 Å². The lowest BCUT2D eigenvalue weighted by atomic mass is 9.99. The number of hydrogen-bond acceptors (Lipinski definition) is 4. The maximum absolute atomic E-state index is 6.70. The van der Waals surface area contributed by atoms with E-state index in [9.17, 15) is 0 Å². The molecule has 0 aliphatic heterocycles. The van der Waals surface area contributed by atoms with Crippen LogP contribution in [0.15, 0.2) is 203 Å². The van der Waals surface area contributed by atoms with Gasteiger partial charge in [-0.25, -0.2) is 4.98 Å². The van der Waals surface area contributed by atoms with Crippen molar-refractivity contribution in [2.45, 2.75) is 0 Å². The summed E-state index contributed by atoms with van der Waals surface area (Å²) < 4.78 is 12.9. The van der Waals surface area contributed by atoms with Crippen molar-refractivity contribution in [3.8, 4) is 33.7 Å². The number of rotatable bonds is 6. The van der Waals surface area contributed by atoms with E-state index < -0.39 is 0 Å². The van der Waals surface area contributed by atoms with E-state index in [0.29, 0.717) is 5.89 Å². The van der Waals surface area contributed by atoms with Crippen molar-refractivity contribution < 1.29 is 8.83 Å². The molecule has 9 aromatic carbocycles. The molecule has 0 aliphatic carbocycles. The summed E-state index contributed by atoms with van der Waals surface area (Å²) in [5, 5.41) is 6.68. The average Bonchev–Trinajstić information content (AvgIpc) is 3.86. The summed E-state index contributed by atoms with van der Waals surface area (Å²) >= 11 is 0. The molecule has 55 heavy (non-hydrogen) atoms. The Morgan fingerprint density at radius 2 is 0.982 bits per heavy atom. The predicted molar refractivity (Wildman–Crippen MR) is 227 cm³/mol. The standard InChI is InChI=1S/C51H32N2O2/c1-3-10-33(11-4-1)37-12-9-13-39(30-37)51-52-46-29-24-36-19-18-35-22-27-42(32-45(35)49(36)50(46)55-51)53(40-14-5-2-6-15-40)41-25-20-34(21-26-41)38-23-28-44-43-16-7-8-17-47(43)54-48(44)31-38/h1-32H. The van der Waals surface area contributed by atoms with Gasteiger partial charge in [0, 0.05) is 38.8 Å². The Balaban J connectivity index is 1.02. The van der Waals surface area contributed by atoms with Crippen LogP contribution in [0, 0.1) is 0 Å². The zero-order valence-corrected chi connectivity index (χ0v) is 29.7. The number of furan rings is 1. The highest BCUT2D eigenvalue weighted by molar-refractivity contribution is 6.18. The van der Waals surface area contributed by atoms with Crippen LogP contribution in [0.2, 0.25) is 0 Å². The van der Waals surface area contributed by atoms with Crippen molar-refractivity contribution in [3.05, 3.63) is 194 Å². The topological polar surface area (TPSA) is 42.4 Å². The van der Waals surface area contributed by atoms with Crippen LogP contribution in [-0.4, -0.2) is 4.98 Å². The Morgan fingerprint density at radius 1 is 0.364 bits per heavy atom. The summed E-state index contributed by atoms with van der Waals surface area (Å²) in [7, 11) is 0. The van der Waals surface area contributed by atoms with E-state index in [4.69, 9.17) is 13.8 Å². The van der Waals surface area contributed by atoms with Crippen LogP contribution in [0.3, 0.4) is 0 Å². The summed E-state index contributed by atoms with van der Waals surface area (Å²) in [4.78, 5) is 7.32. The lowest BCUT2D eigenvalue weighted by Gasteiger charge is -2.26. The Morgan fingerprint density at radius 3 is 1.85 bits per heavy atom.